The van der Waals surface area contributed by atoms with E-state index in [1.165, 1.54) is 67.2 Å². The number of carboxylic acids is 1. The van der Waals surface area contributed by atoms with E-state index in [4.69, 9.17) is 11.5 Å². The summed E-state index contributed by atoms with van der Waals surface area (Å²) in [7, 11) is 2.75. The summed E-state index contributed by atoms with van der Waals surface area (Å²) < 4.78 is 0. The summed E-state index contributed by atoms with van der Waals surface area (Å²) in [6, 6.07) is 18.2. The first-order valence-electron chi connectivity index (χ1n) is 33.3. The lowest BCUT2D eigenvalue weighted by Gasteiger charge is -2.35. The number of thioether (sulfide) groups is 2. The van der Waals surface area contributed by atoms with Crippen LogP contribution in [0.25, 0.3) is 21.8 Å². The molecule has 2 bridgehead atoms. The molecule has 5 heterocycles. The Bertz CT molecular complexity index is 4050. The molecule has 29 heteroatoms. The van der Waals surface area contributed by atoms with Crippen LogP contribution in [0.1, 0.15) is 84.9 Å². The Kier molecular flexibility index (Phi) is 26.5. The number of Topliss-reactive ketones (excluding diaryl/α,β-unsaturated/α-hetero) is 1. The van der Waals surface area contributed by atoms with Crippen LogP contribution in [0, 0.1) is 5.92 Å². The minimum absolute atomic E-state index is 0.0622. The van der Waals surface area contributed by atoms with Gasteiger partial charge in [-0.2, -0.15) is 23.5 Å². The normalized spacial score (nSPS) is 22.4. The second-order valence-electron chi connectivity index (χ2n) is 25.3. The van der Waals surface area contributed by atoms with Gasteiger partial charge in [0.05, 0.1) is 31.3 Å². The van der Waals surface area contributed by atoms with Crippen LogP contribution in [0.15, 0.2) is 122 Å². The van der Waals surface area contributed by atoms with Crippen LogP contribution in [-0.4, -0.2) is 197 Å². The number of amides is 9. The number of para-hydroxylation sites is 2. The zero-order valence-electron chi connectivity index (χ0n) is 55.7. The lowest BCUT2D eigenvalue weighted by Crippen LogP contribution is -2.61. The van der Waals surface area contributed by atoms with Gasteiger partial charge in [-0.05, 0) is 90.7 Å². The van der Waals surface area contributed by atoms with Crippen LogP contribution in [0.5, 0.6) is 5.75 Å². The predicted molar refractivity (Wildman–Crippen MR) is 378 cm³/mol. The Morgan fingerprint density at radius 3 is 1.89 bits per heavy atom. The molecular weight excluding hydrogens is 1320 g/mol. The third-order valence-corrected chi connectivity index (χ3v) is 20.2. The van der Waals surface area contributed by atoms with Crippen LogP contribution in [0.3, 0.4) is 0 Å². The van der Waals surface area contributed by atoms with Crippen LogP contribution in [-0.2, 0) is 89.9 Å². The molecule has 7 aromatic rings. The van der Waals surface area contributed by atoms with Gasteiger partial charge in [0.1, 0.15) is 42.0 Å². The number of aromatic amines is 3. The Morgan fingerprint density at radius 1 is 0.650 bits per heavy atom. The smallest absolute Gasteiger partial charge is 0.305 e. The van der Waals surface area contributed by atoms with Gasteiger partial charge in [-0.1, -0.05) is 72.8 Å². The van der Waals surface area contributed by atoms with Crippen molar-refractivity contribution in [3.05, 3.63) is 155 Å². The summed E-state index contributed by atoms with van der Waals surface area (Å²) in [6.07, 6.45) is 5.83. The van der Waals surface area contributed by atoms with Crippen molar-refractivity contribution in [3.8, 4) is 5.75 Å². The van der Waals surface area contributed by atoms with Crippen LogP contribution < -0.4 is 38.1 Å². The first-order chi connectivity index (χ1) is 48.1. The molecule has 0 aliphatic carbocycles. The molecule has 9 amide bonds. The number of benzene rings is 4. The molecule has 0 unspecified atom stereocenters. The number of primary amides is 1. The summed E-state index contributed by atoms with van der Waals surface area (Å²) in [5.41, 5.74) is 17.0. The number of aromatic nitrogens is 4. The van der Waals surface area contributed by atoms with Crippen molar-refractivity contribution in [1.29, 1.82) is 0 Å². The van der Waals surface area contributed by atoms with Gasteiger partial charge >= 0.3 is 5.97 Å². The molecule has 14 N–H and O–H groups in total. The van der Waals surface area contributed by atoms with Crippen molar-refractivity contribution in [2.45, 2.75) is 131 Å². The fourth-order valence-electron chi connectivity index (χ4n) is 12.6. The molecule has 0 radical (unpaired) electrons. The molecule has 3 aromatic heterocycles. The SMILES string of the molecule is CN1CC(=O)N[C@@H](Cc2c[nH]c3ccccc23)C(=O)N[C@@H](Cc2c[nH]c3ccccc23)C(=O)N[C@@H](CC(=O)O)C(=O)N[C@@H](Cc2cnc[nH]2)C(=O)N(C)[C@@H](Cc2ccc(O)cc2)C(=O)N2CCC[C@H]2C(=O)C[C@H](C(N)=O)CSCc2cccc(c2)CSCCC(=O)N[C@@H](CCCCN)C1=O. The predicted octanol–water partition coefficient (Wildman–Crippen LogP) is 3.28. The Morgan fingerprint density at radius 2 is 1.26 bits per heavy atom. The third-order valence-electron chi connectivity index (χ3n) is 18.0. The topological polar surface area (TPSA) is 410 Å². The molecule has 2 aliphatic rings. The molecule has 8 atom stereocenters. The van der Waals surface area contributed by atoms with Crippen molar-refractivity contribution in [3.63, 3.8) is 0 Å². The van der Waals surface area contributed by atoms with Gasteiger partial charge in [0, 0.05) is 128 Å². The molecule has 1 fully saturated rings. The molecule has 4 aromatic carbocycles. The number of hydrogen-bond donors (Lipinski definition) is 12. The van der Waals surface area contributed by atoms with Crippen molar-refractivity contribution in [1.82, 2.24) is 61.2 Å². The maximum atomic E-state index is 15.3. The zero-order chi connectivity index (χ0) is 71.4. The highest BCUT2D eigenvalue weighted by Gasteiger charge is 2.43. The molecule has 0 spiro atoms. The summed E-state index contributed by atoms with van der Waals surface area (Å²) in [5.74, 6) is -8.33. The van der Waals surface area contributed by atoms with Crippen LogP contribution in [0.4, 0.5) is 0 Å². The fraction of sp³-hybridized carbons (Fsp3) is 0.408. The Labute approximate surface area is 586 Å². The van der Waals surface area contributed by atoms with Crippen molar-refractivity contribution in [2.24, 2.45) is 17.4 Å². The molecule has 0 saturated carbocycles. The average molecular weight is 1410 g/mol. The van der Waals surface area contributed by atoms with E-state index in [-0.39, 0.29) is 69.4 Å². The maximum Gasteiger partial charge on any atom is 0.305 e. The van der Waals surface area contributed by atoms with E-state index in [1.807, 2.05) is 42.5 Å². The number of imidazole rings is 1. The summed E-state index contributed by atoms with van der Waals surface area (Å²) in [4.78, 5) is 176. The number of unbranched alkanes of at least 4 members (excludes halogenated alkanes) is 1. The highest BCUT2D eigenvalue weighted by Crippen LogP contribution is 2.28. The maximum absolute atomic E-state index is 15.3. The van der Waals surface area contributed by atoms with Gasteiger partial charge < -0.3 is 77.9 Å². The highest BCUT2D eigenvalue weighted by molar-refractivity contribution is 7.98. The van der Waals surface area contributed by atoms with E-state index in [0.717, 1.165) is 26.4 Å². The number of aliphatic carboxylic acids is 1. The number of carboxylic acid groups (broad SMARTS) is 1. The molecule has 100 heavy (non-hydrogen) atoms. The van der Waals surface area contributed by atoms with E-state index in [1.54, 1.807) is 54.9 Å². The van der Waals surface area contributed by atoms with E-state index < -0.39 is 126 Å². The van der Waals surface area contributed by atoms with Crippen LogP contribution in [0.2, 0.25) is 0 Å². The minimum Gasteiger partial charge on any atom is -0.508 e. The number of fused-ring (bicyclic) bond motifs is 5. The quantitative estimate of drug-likeness (QED) is 0.0655. The first-order valence-corrected chi connectivity index (χ1v) is 35.6. The van der Waals surface area contributed by atoms with Crippen LogP contribution >= 0.6 is 23.5 Å². The fourth-order valence-corrected chi connectivity index (χ4v) is 14.6. The third kappa shape index (κ3) is 20.3. The van der Waals surface area contributed by atoms with Gasteiger partial charge in [-0.3, -0.25) is 52.7 Å². The standard InChI is InChI=1S/C71H86N14O13S2/c1-83-37-63(89)79-55(29-45-34-75-52-15-5-3-13-50(45)52)66(93)80-56(30-46-35-76-53-16-6-4-14-51(46)53)67(94)81-57(33-64(90)91)68(95)82-58(32-48-36-74-41-77-48)70(97)84(2)60(28-42-19-21-49(86)22-20-42)71(98)85-25-10-18-59(85)61(87)31-47(65(73)92)40-100-39-44-12-9-11-43(27-44)38-99-26-23-62(88)78-54(69(83)96)17-7-8-24-72/h3-6,9,11-16,19-22,27,34-36,41,47,54-60,75-76,86H,7-8,10,17-18,23-26,28-33,37-40,72H2,1-2H3,(H2,73,92)(H,74,77)(H,78,88)(H,79,89)(H,80,93)(H,81,94)(H,82,95)(H,90,91)/t47-,54-,55-,56-,57-,58-,59-,60-/m0/s1. The van der Waals surface area contributed by atoms with E-state index in [0.29, 0.717) is 81.7 Å². The number of likely N-dealkylation sites (N-methyl/N-ethyl adjacent to an activating group) is 2. The lowest BCUT2D eigenvalue weighted by atomic mass is 9.97. The highest BCUT2D eigenvalue weighted by atomic mass is 32.2. The number of phenols is 1. The number of aromatic hydroxyl groups is 1. The summed E-state index contributed by atoms with van der Waals surface area (Å²) in [6.45, 7) is -0.122. The van der Waals surface area contributed by atoms with Crippen molar-refractivity contribution < 1.29 is 63.0 Å². The number of carbonyl (C=O) groups is 11. The molecule has 1 saturated heterocycles. The monoisotopic (exact) mass is 1410 g/mol. The van der Waals surface area contributed by atoms with Crippen molar-refractivity contribution >= 4 is 110 Å². The lowest BCUT2D eigenvalue weighted by molar-refractivity contribution is -0.148. The number of rotatable bonds is 15. The summed E-state index contributed by atoms with van der Waals surface area (Å²) in [5, 5.41) is 35.7. The van der Waals surface area contributed by atoms with Gasteiger partial charge in [0.15, 0.2) is 5.78 Å². The Hall–Kier alpha value is -10.0. The minimum atomic E-state index is -1.94. The number of nitrogens with two attached hydrogens (primary N) is 2. The molecular formula is C71H86N14O13S2. The second-order valence-corrected chi connectivity index (χ2v) is 27.5. The Balaban J connectivity index is 1.06. The van der Waals surface area contributed by atoms with Gasteiger partial charge in [-0.25, -0.2) is 4.98 Å². The largest absolute Gasteiger partial charge is 0.508 e. The van der Waals surface area contributed by atoms with Gasteiger partial charge in [0.2, 0.25) is 53.2 Å². The number of nitrogens with one attached hydrogen (secondary N) is 8. The van der Waals surface area contributed by atoms with Gasteiger partial charge in [-0.15, -0.1) is 0 Å². The number of phenolic OH excluding ortho intramolecular Hbond substituents is 1. The van der Waals surface area contributed by atoms with E-state index in [9.17, 15) is 43.8 Å². The molecule has 530 valence electrons. The number of ketones is 1. The molecule has 9 rings (SSSR count). The van der Waals surface area contributed by atoms with Gasteiger partial charge in [0.25, 0.3) is 0 Å². The average Bonchev–Trinajstić information content (AvgIpc) is 1.54. The number of carbonyl (C=O) groups excluding carboxylic acids is 10. The van der Waals surface area contributed by atoms with E-state index >= 15 is 19.2 Å². The van der Waals surface area contributed by atoms with E-state index in [2.05, 4.69) is 46.5 Å². The second kappa shape index (κ2) is 35.7. The molecule has 27 nitrogen and oxygen atoms in total. The number of nitrogens with zero attached hydrogens (tertiary/aromatic N) is 4. The first kappa shape index (κ1) is 74.2. The van der Waals surface area contributed by atoms with Crippen molar-refractivity contribution in [2.75, 3.05) is 45.2 Å². The summed E-state index contributed by atoms with van der Waals surface area (Å²) >= 11 is 2.92. The zero-order valence-corrected chi connectivity index (χ0v) is 57.4. The number of H-pyrrole nitrogens is 3. The number of hydrogen-bond acceptors (Lipinski definition) is 16. The molecule has 2 aliphatic heterocycles.